The van der Waals surface area contributed by atoms with Crippen molar-refractivity contribution in [1.82, 2.24) is 9.38 Å². The Labute approximate surface area is 179 Å². The number of nitrogens with zero attached hydrogens (tertiary/aromatic N) is 2. The zero-order chi connectivity index (χ0) is 22.7. The van der Waals surface area contributed by atoms with Crippen molar-refractivity contribution in [1.29, 1.82) is 0 Å². The molecule has 2 aromatic heterocycles. The predicted molar refractivity (Wildman–Crippen MR) is 114 cm³/mol. The smallest absolute Gasteiger partial charge is 0.341 e. The molecular weight excluding hydrogens is 398 g/mol. The minimum absolute atomic E-state index is 0.0173. The van der Waals surface area contributed by atoms with Crippen LogP contribution in [-0.4, -0.2) is 38.8 Å². The number of carboxylic acids is 1. The fourth-order valence-corrected chi connectivity index (χ4v) is 3.68. The molecule has 31 heavy (non-hydrogen) atoms. The van der Waals surface area contributed by atoms with E-state index in [9.17, 15) is 14.4 Å². The third kappa shape index (κ3) is 4.74. The van der Waals surface area contributed by atoms with Gasteiger partial charge in [-0.25, -0.2) is 9.78 Å². The Morgan fingerprint density at radius 2 is 1.87 bits per heavy atom. The number of carbonyl (C=O) groups is 3. The van der Waals surface area contributed by atoms with E-state index in [1.165, 1.54) is 0 Å². The number of ether oxygens (including phenoxy) is 1. The van der Waals surface area contributed by atoms with Crippen molar-refractivity contribution in [3.63, 3.8) is 0 Å². The van der Waals surface area contributed by atoms with Crippen molar-refractivity contribution in [2.24, 2.45) is 11.7 Å². The molecule has 0 aliphatic rings. The maximum absolute atomic E-state index is 12.9. The highest BCUT2D eigenvalue weighted by atomic mass is 16.5. The predicted octanol–water partition coefficient (Wildman–Crippen LogP) is 2.56. The molecule has 3 aromatic rings. The van der Waals surface area contributed by atoms with E-state index in [0.29, 0.717) is 24.1 Å². The van der Waals surface area contributed by atoms with Crippen LogP contribution in [0.4, 0.5) is 0 Å². The first-order valence-electron chi connectivity index (χ1n) is 9.95. The summed E-state index contributed by atoms with van der Waals surface area (Å²) in [6, 6.07) is 9.73. The number of nitrogens with two attached hydrogens (primary N) is 1. The van der Waals surface area contributed by atoms with Crippen molar-refractivity contribution in [2.45, 2.75) is 33.6 Å². The van der Waals surface area contributed by atoms with E-state index < -0.39 is 24.3 Å². The molecule has 8 heteroatoms. The normalized spacial score (nSPS) is 11.1. The largest absolute Gasteiger partial charge is 0.479 e. The van der Waals surface area contributed by atoms with Crippen LogP contribution < -0.4 is 10.5 Å². The van der Waals surface area contributed by atoms with Gasteiger partial charge in [0.25, 0.3) is 11.7 Å². The third-order valence-electron chi connectivity index (χ3n) is 4.83. The summed E-state index contributed by atoms with van der Waals surface area (Å²) in [5, 5.41) is 9.06. The Morgan fingerprint density at radius 3 is 2.45 bits per heavy atom. The summed E-state index contributed by atoms with van der Waals surface area (Å²) >= 11 is 0. The first kappa shape index (κ1) is 22.0. The molecule has 0 aliphatic heterocycles. The highest BCUT2D eigenvalue weighted by Gasteiger charge is 2.30. The number of hydrogen-bond donors (Lipinski definition) is 2. The second-order valence-electron chi connectivity index (χ2n) is 7.84. The number of carboxylic acid groups (broad SMARTS) is 1. The molecule has 3 rings (SSSR count). The van der Waals surface area contributed by atoms with E-state index in [0.717, 1.165) is 11.3 Å². The van der Waals surface area contributed by atoms with Gasteiger partial charge in [0.2, 0.25) is 5.88 Å². The van der Waals surface area contributed by atoms with Gasteiger partial charge in [0.05, 0.1) is 11.3 Å². The SMILES string of the molecule is Cc1cn2c(Cc3ccccc3)c(CC(C)C)c(C(=O)C(N)=O)c2c(OCC(=O)O)n1. The highest BCUT2D eigenvalue weighted by Crippen LogP contribution is 2.33. The van der Waals surface area contributed by atoms with Gasteiger partial charge < -0.3 is 20.0 Å². The average Bonchev–Trinajstić information content (AvgIpc) is 2.98. The molecule has 2 heterocycles. The first-order chi connectivity index (χ1) is 14.7. The lowest BCUT2D eigenvalue weighted by molar-refractivity contribution is -0.139. The van der Waals surface area contributed by atoms with Crippen LogP contribution in [0.2, 0.25) is 0 Å². The molecule has 0 saturated carbocycles. The van der Waals surface area contributed by atoms with E-state index in [2.05, 4.69) is 4.98 Å². The van der Waals surface area contributed by atoms with Gasteiger partial charge in [-0.05, 0) is 30.4 Å². The Morgan fingerprint density at radius 1 is 1.19 bits per heavy atom. The van der Waals surface area contributed by atoms with Gasteiger partial charge in [-0.15, -0.1) is 0 Å². The van der Waals surface area contributed by atoms with Crippen LogP contribution in [-0.2, 0) is 22.4 Å². The van der Waals surface area contributed by atoms with Gasteiger partial charge >= 0.3 is 5.97 Å². The Hall–Kier alpha value is -3.68. The molecule has 0 unspecified atom stereocenters. The standard InChI is InChI=1S/C23H25N3O5/c1-13(2)9-16-17(10-15-7-5-4-6-8-15)26-11-14(3)25-23(31-12-18(27)28)20(26)19(16)21(29)22(24)30/h4-8,11,13H,9-10,12H2,1-3H3,(H2,24,30)(H,27,28). The zero-order valence-corrected chi connectivity index (χ0v) is 17.7. The summed E-state index contributed by atoms with van der Waals surface area (Å²) in [6.07, 6.45) is 2.77. The molecule has 162 valence electrons. The van der Waals surface area contributed by atoms with Gasteiger partial charge in [0.15, 0.2) is 6.61 Å². The lowest BCUT2D eigenvalue weighted by Gasteiger charge is -2.11. The second kappa shape index (κ2) is 8.99. The third-order valence-corrected chi connectivity index (χ3v) is 4.83. The van der Waals surface area contributed by atoms with E-state index in [4.69, 9.17) is 15.6 Å². The Balaban J connectivity index is 2.37. The minimum atomic E-state index is -1.18. The van der Waals surface area contributed by atoms with Crippen LogP contribution in [0, 0.1) is 12.8 Å². The molecule has 8 nitrogen and oxygen atoms in total. The molecule has 0 atom stereocenters. The van der Waals surface area contributed by atoms with Crippen LogP contribution >= 0.6 is 0 Å². The molecule has 0 radical (unpaired) electrons. The van der Waals surface area contributed by atoms with Gasteiger partial charge in [-0.2, -0.15) is 0 Å². The van der Waals surface area contributed by atoms with Gasteiger partial charge in [-0.3, -0.25) is 9.59 Å². The monoisotopic (exact) mass is 423 g/mol. The van der Waals surface area contributed by atoms with Crippen molar-refractivity contribution < 1.29 is 24.2 Å². The number of carbonyl (C=O) groups excluding carboxylic acids is 2. The highest BCUT2D eigenvalue weighted by molar-refractivity contribution is 6.44. The number of benzene rings is 1. The molecule has 0 bridgehead atoms. The lowest BCUT2D eigenvalue weighted by atomic mass is 9.94. The summed E-state index contributed by atoms with van der Waals surface area (Å²) in [5.74, 6) is -2.95. The van der Waals surface area contributed by atoms with Crippen LogP contribution in [0.1, 0.15) is 46.7 Å². The Kier molecular flexibility index (Phi) is 6.39. The molecular formula is C23H25N3O5. The number of aromatic nitrogens is 2. The molecule has 1 amide bonds. The molecule has 3 N–H and O–H groups in total. The first-order valence-corrected chi connectivity index (χ1v) is 9.95. The van der Waals surface area contributed by atoms with Crippen molar-refractivity contribution in [3.05, 3.63) is 64.6 Å². The summed E-state index contributed by atoms with van der Waals surface area (Å²) in [7, 11) is 0. The minimum Gasteiger partial charge on any atom is -0.479 e. The van der Waals surface area contributed by atoms with Crippen LogP contribution in [0.3, 0.4) is 0 Å². The van der Waals surface area contributed by atoms with Crippen molar-refractivity contribution in [2.75, 3.05) is 6.61 Å². The molecule has 0 fully saturated rings. The lowest BCUT2D eigenvalue weighted by Crippen LogP contribution is -2.24. The second-order valence-corrected chi connectivity index (χ2v) is 7.84. The number of aryl methyl sites for hydroxylation is 1. The molecule has 1 aromatic carbocycles. The summed E-state index contributed by atoms with van der Waals surface area (Å²) < 4.78 is 7.20. The molecule has 0 spiro atoms. The summed E-state index contributed by atoms with van der Waals surface area (Å²) in [6.45, 7) is 5.14. The number of aliphatic carboxylic acids is 1. The number of fused-ring (bicyclic) bond motifs is 1. The van der Waals surface area contributed by atoms with Crippen molar-refractivity contribution in [3.8, 4) is 5.88 Å². The van der Waals surface area contributed by atoms with E-state index >= 15 is 0 Å². The maximum Gasteiger partial charge on any atom is 0.341 e. The van der Waals surface area contributed by atoms with E-state index in [1.807, 2.05) is 44.2 Å². The number of amides is 1. The number of primary amides is 1. The topological polar surface area (TPSA) is 124 Å². The Bertz CT molecular complexity index is 1150. The fraction of sp³-hybridized carbons (Fsp3) is 0.304. The van der Waals surface area contributed by atoms with Gasteiger partial charge in [0.1, 0.15) is 5.52 Å². The number of rotatable bonds is 9. The number of hydrogen-bond acceptors (Lipinski definition) is 5. The summed E-state index contributed by atoms with van der Waals surface area (Å²) in [4.78, 5) is 40.2. The molecule has 0 saturated heterocycles. The van der Waals surface area contributed by atoms with E-state index in [1.54, 1.807) is 17.5 Å². The number of ketones is 1. The van der Waals surface area contributed by atoms with Crippen LogP contribution in [0.15, 0.2) is 36.5 Å². The van der Waals surface area contributed by atoms with Crippen LogP contribution in [0.5, 0.6) is 5.88 Å². The maximum atomic E-state index is 12.9. The summed E-state index contributed by atoms with van der Waals surface area (Å²) in [5.41, 5.74) is 8.85. The fourth-order valence-electron chi connectivity index (χ4n) is 3.68. The average molecular weight is 423 g/mol. The van der Waals surface area contributed by atoms with Gasteiger partial charge in [-0.1, -0.05) is 44.2 Å². The van der Waals surface area contributed by atoms with Crippen LogP contribution in [0.25, 0.3) is 5.52 Å². The van der Waals surface area contributed by atoms with E-state index in [-0.39, 0.29) is 22.9 Å². The molecule has 0 aliphatic carbocycles. The van der Waals surface area contributed by atoms with Gasteiger partial charge in [0, 0.05) is 18.3 Å². The van der Waals surface area contributed by atoms with Crippen molar-refractivity contribution >= 4 is 23.2 Å². The number of Topliss-reactive ketones (excluding diaryl/α,β-unsaturated/α-hetero) is 1. The quantitative estimate of drug-likeness (QED) is 0.403. The zero-order valence-electron chi connectivity index (χ0n) is 17.7.